The number of piperazine rings is 1. The molecule has 0 saturated carbocycles. The molecule has 128 valence electrons. The van der Waals surface area contributed by atoms with Crippen molar-refractivity contribution in [3.63, 3.8) is 0 Å². The summed E-state index contributed by atoms with van der Waals surface area (Å²) in [6, 6.07) is 4.92. The molecule has 0 atom stereocenters. The summed E-state index contributed by atoms with van der Waals surface area (Å²) in [6.07, 6.45) is 1.37. The van der Waals surface area contributed by atoms with E-state index in [9.17, 15) is 9.18 Å². The second kappa shape index (κ2) is 7.31. The molecule has 0 unspecified atom stereocenters. The van der Waals surface area contributed by atoms with Crippen LogP contribution in [0.4, 0.5) is 4.39 Å². The van der Waals surface area contributed by atoms with Gasteiger partial charge in [0.1, 0.15) is 12.1 Å². The van der Waals surface area contributed by atoms with Gasteiger partial charge in [0.2, 0.25) is 0 Å². The van der Waals surface area contributed by atoms with Gasteiger partial charge in [-0.05, 0) is 18.2 Å². The van der Waals surface area contributed by atoms with E-state index in [-0.39, 0.29) is 23.5 Å². The van der Waals surface area contributed by atoms with Gasteiger partial charge in [-0.2, -0.15) is 4.98 Å². The highest BCUT2D eigenvalue weighted by Gasteiger charge is 2.25. The Labute approximate surface area is 147 Å². The average Bonchev–Trinajstić information content (AvgIpc) is 3.07. The Morgan fingerprint density at radius 3 is 2.79 bits per heavy atom. The van der Waals surface area contributed by atoms with E-state index < -0.39 is 0 Å². The number of hydrogen-bond donors (Lipinski definition) is 0. The van der Waals surface area contributed by atoms with Crippen LogP contribution < -0.4 is 4.74 Å². The van der Waals surface area contributed by atoms with E-state index in [2.05, 4.69) is 25.8 Å². The molecule has 1 amide bonds. The van der Waals surface area contributed by atoms with Gasteiger partial charge in [0.25, 0.3) is 5.91 Å². The van der Waals surface area contributed by atoms with E-state index in [0.717, 1.165) is 4.47 Å². The molecule has 3 rings (SSSR count). The van der Waals surface area contributed by atoms with Gasteiger partial charge in [-0.3, -0.25) is 9.69 Å². The number of amides is 1. The molecule has 1 aromatic carbocycles. The number of ether oxygens (including phenoxy) is 1. The lowest BCUT2D eigenvalue weighted by Gasteiger charge is -2.34. The molecule has 0 bridgehead atoms. The second-order valence-corrected chi connectivity index (χ2v) is 6.42. The van der Waals surface area contributed by atoms with Crippen LogP contribution in [0.5, 0.6) is 6.08 Å². The zero-order valence-electron chi connectivity index (χ0n) is 13.2. The molecule has 6 nitrogen and oxygen atoms in total. The van der Waals surface area contributed by atoms with Gasteiger partial charge in [-0.25, -0.2) is 4.39 Å². The molecular formula is C16H17BrFN3O3. The van der Waals surface area contributed by atoms with Crippen LogP contribution in [0, 0.1) is 5.82 Å². The van der Waals surface area contributed by atoms with Crippen LogP contribution in [0.2, 0.25) is 0 Å². The fourth-order valence-corrected chi connectivity index (χ4v) is 3.03. The van der Waals surface area contributed by atoms with E-state index in [1.807, 2.05) is 0 Å². The molecule has 0 spiro atoms. The van der Waals surface area contributed by atoms with E-state index >= 15 is 0 Å². The third kappa shape index (κ3) is 3.76. The van der Waals surface area contributed by atoms with Crippen molar-refractivity contribution in [3.8, 4) is 6.08 Å². The summed E-state index contributed by atoms with van der Waals surface area (Å²) in [6.45, 7) is 2.98. The summed E-state index contributed by atoms with van der Waals surface area (Å²) in [4.78, 5) is 20.2. The highest BCUT2D eigenvalue weighted by atomic mass is 79.9. The molecule has 1 aliphatic heterocycles. The van der Waals surface area contributed by atoms with Crippen LogP contribution in [0.15, 0.2) is 33.4 Å². The molecule has 2 heterocycles. The summed E-state index contributed by atoms with van der Waals surface area (Å²) in [5, 5.41) is 0. The first-order chi connectivity index (χ1) is 11.6. The number of oxazole rings is 1. The van der Waals surface area contributed by atoms with Crippen molar-refractivity contribution in [3.05, 3.63) is 46.0 Å². The fraction of sp³-hybridized carbons (Fsp3) is 0.375. The normalized spacial score (nSPS) is 15.5. The number of methoxy groups -OCH3 is 1. The lowest BCUT2D eigenvalue weighted by molar-refractivity contribution is 0.0621. The predicted octanol–water partition coefficient (Wildman–Crippen LogP) is 2.54. The van der Waals surface area contributed by atoms with Crippen LogP contribution in [0.1, 0.15) is 16.1 Å². The Balaban J connectivity index is 1.57. The lowest BCUT2D eigenvalue weighted by Crippen LogP contribution is -2.48. The topological polar surface area (TPSA) is 58.8 Å². The molecule has 0 aliphatic carbocycles. The number of benzene rings is 1. The zero-order valence-corrected chi connectivity index (χ0v) is 14.8. The first-order valence-electron chi connectivity index (χ1n) is 7.52. The smallest absolute Gasteiger partial charge is 0.393 e. The highest BCUT2D eigenvalue weighted by Crippen LogP contribution is 2.19. The van der Waals surface area contributed by atoms with Crippen LogP contribution in [0.3, 0.4) is 0 Å². The van der Waals surface area contributed by atoms with Gasteiger partial charge in [0, 0.05) is 42.8 Å². The number of hydrogen-bond acceptors (Lipinski definition) is 5. The summed E-state index contributed by atoms with van der Waals surface area (Å²) in [5.74, 6) is -0.401. The summed E-state index contributed by atoms with van der Waals surface area (Å²) in [7, 11) is 1.43. The molecule has 0 N–H and O–H groups in total. The van der Waals surface area contributed by atoms with Gasteiger partial charge in [-0.15, -0.1) is 0 Å². The maximum absolute atomic E-state index is 13.8. The van der Waals surface area contributed by atoms with Crippen molar-refractivity contribution >= 4 is 21.8 Å². The van der Waals surface area contributed by atoms with Crippen molar-refractivity contribution in [2.45, 2.75) is 6.54 Å². The Kier molecular flexibility index (Phi) is 5.15. The number of nitrogens with zero attached hydrogens (tertiary/aromatic N) is 3. The number of carbonyl (C=O) groups excluding carboxylic acids is 1. The number of carbonyl (C=O) groups is 1. The molecule has 1 aliphatic rings. The van der Waals surface area contributed by atoms with Crippen LogP contribution in [0.25, 0.3) is 0 Å². The standard InChI is InChI=1S/C16H17BrFN3O3/c1-23-16-19-14(10-24-16)15(22)21-6-4-20(5-7-21)9-11-8-12(17)2-3-13(11)18/h2-3,8,10H,4-7,9H2,1H3. The molecule has 2 aromatic rings. The van der Waals surface area contributed by atoms with Gasteiger partial charge in [0.05, 0.1) is 7.11 Å². The number of halogens is 2. The average molecular weight is 398 g/mol. The second-order valence-electron chi connectivity index (χ2n) is 5.51. The van der Waals surface area contributed by atoms with E-state index in [1.54, 1.807) is 17.0 Å². The van der Waals surface area contributed by atoms with Crippen molar-refractivity contribution in [1.29, 1.82) is 0 Å². The lowest BCUT2D eigenvalue weighted by atomic mass is 10.2. The maximum atomic E-state index is 13.8. The molecule has 0 radical (unpaired) electrons. The molecule has 1 saturated heterocycles. The Bertz CT molecular complexity index is 729. The van der Waals surface area contributed by atoms with E-state index in [0.29, 0.717) is 38.3 Å². The van der Waals surface area contributed by atoms with Crippen LogP contribution in [-0.2, 0) is 6.54 Å². The minimum absolute atomic E-state index is 0.0714. The molecule has 1 aromatic heterocycles. The van der Waals surface area contributed by atoms with Crippen LogP contribution in [-0.4, -0.2) is 54.0 Å². The van der Waals surface area contributed by atoms with Gasteiger partial charge < -0.3 is 14.1 Å². The quantitative estimate of drug-likeness (QED) is 0.793. The van der Waals surface area contributed by atoms with Crippen LogP contribution >= 0.6 is 15.9 Å². The summed E-state index contributed by atoms with van der Waals surface area (Å²) in [5.41, 5.74) is 0.878. The zero-order chi connectivity index (χ0) is 17.1. The third-order valence-electron chi connectivity index (χ3n) is 3.94. The first-order valence-corrected chi connectivity index (χ1v) is 8.31. The monoisotopic (exact) mass is 397 g/mol. The third-order valence-corrected chi connectivity index (χ3v) is 4.43. The van der Waals surface area contributed by atoms with Crippen molar-refractivity contribution in [1.82, 2.24) is 14.8 Å². The Hall–Kier alpha value is -1.93. The van der Waals surface area contributed by atoms with E-state index in [4.69, 9.17) is 9.15 Å². The minimum Gasteiger partial charge on any atom is -0.454 e. The number of aromatic nitrogens is 1. The van der Waals surface area contributed by atoms with Crippen molar-refractivity contribution in [2.75, 3.05) is 33.3 Å². The Morgan fingerprint density at radius 2 is 2.12 bits per heavy atom. The first kappa shape index (κ1) is 16.9. The van der Waals surface area contributed by atoms with Crippen molar-refractivity contribution < 1.29 is 18.3 Å². The molecule has 8 heteroatoms. The summed E-state index contributed by atoms with van der Waals surface area (Å²) >= 11 is 3.36. The fourth-order valence-electron chi connectivity index (χ4n) is 2.63. The largest absolute Gasteiger partial charge is 0.454 e. The number of rotatable bonds is 4. The summed E-state index contributed by atoms with van der Waals surface area (Å²) < 4.78 is 24.6. The van der Waals surface area contributed by atoms with Gasteiger partial charge in [-0.1, -0.05) is 15.9 Å². The SMILES string of the molecule is COc1nc(C(=O)N2CCN(Cc3cc(Br)ccc3F)CC2)co1. The van der Waals surface area contributed by atoms with Gasteiger partial charge in [0.15, 0.2) is 5.69 Å². The maximum Gasteiger partial charge on any atom is 0.393 e. The van der Waals surface area contributed by atoms with Gasteiger partial charge >= 0.3 is 6.08 Å². The Morgan fingerprint density at radius 1 is 1.38 bits per heavy atom. The molecule has 1 fully saturated rings. The minimum atomic E-state index is -0.216. The highest BCUT2D eigenvalue weighted by molar-refractivity contribution is 9.10. The molecule has 24 heavy (non-hydrogen) atoms. The van der Waals surface area contributed by atoms with E-state index in [1.165, 1.54) is 19.4 Å². The van der Waals surface area contributed by atoms with Crippen molar-refractivity contribution in [2.24, 2.45) is 0 Å². The predicted molar refractivity (Wildman–Crippen MR) is 88.3 cm³/mol. The molecular weight excluding hydrogens is 381 g/mol.